The number of nitro groups is 1. The van der Waals surface area contributed by atoms with Crippen molar-refractivity contribution >= 4 is 23.2 Å². The van der Waals surface area contributed by atoms with Crippen molar-refractivity contribution in [3.8, 4) is 0 Å². The molecule has 152 valence electrons. The number of hydrogen-bond acceptors (Lipinski definition) is 4. The van der Waals surface area contributed by atoms with Crippen LogP contribution in [-0.2, 0) is 11.2 Å². The fourth-order valence-electron chi connectivity index (χ4n) is 3.07. The summed E-state index contributed by atoms with van der Waals surface area (Å²) in [6.07, 6.45) is -0.0913. The van der Waals surface area contributed by atoms with Gasteiger partial charge >= 0.3 is 0 Å². The Bertz CT molecular complexity index is 1070. The average Bonchev–Trinajstić information content (AvgIpc) is 2.74. The van der Waals surface area contributed by atoms with Crippen molar-refractivity contribution in [3.05, 3.63) is 106 Å². The molecule has 7 nitrogen and oxygen atoms in total. The Balaban J connectivity index is 1.65. The van der Waals surface area contributed by atoms with Crippen LogP contribution in [0.4, 0.5) is 11.4 Å². The monoisotopic (exact) mass is 403 g/mol. The van der Waals surface area contributed by atoms with Crippen molar-refractivity contribution in [2.24, 2.45) is 0 Å². The molecule has 0 aliphatic heterocycles. The van der Waals surface area contributed by atoms with Gasteiger partial charge in [-0.1, -0.05) is 48.5 Å². The maximum Gasteiger partial charge on any atom is 0.273 e. The lowest BCUT2D eigenvalue weighted by molar-refractivity contribution is -0.385. The zero-order valence-corrected chi connectivity index (χ0v) is 16.4. The molecule has 0 aliphatic carbocycles. The summed E-state index contributed by atoms with van der Waals surface area (Å²) in [7, 11) is 0. The second kappa shape index (κ2) is 9.47. The van der Waals surface area contributed by atoms with Crippen LogP contribution in [0.15, 0.2) is 78.9 Å². The lowest BCUT2D eigenvalue weighted by Crippen LogP contribution is -2.28. The second-order valence-electron chi connectivity index (χ2n) is 6.80. The highest BCUT2D eigenvalue weighted by atomic mass is 16.6. The van der Waals surface area contributed by atoms with Gasteiger partial charge in [-0.2, -0.15) is 0 Å². The summed E-state index contributed by atoms with van der Waals surface area (Å²) < 4.78 is 0. The number of carbonyl (C=O) groups excluding carboxylic acids is 2. The van der Waals surface area contributed by atoms with Crippen LogP contribution < -0.4 is 10.6 Å². The van der Waals surface area contributed by atoms with E-state index in [0.717, 1.165) is 5.56 Å². The molecule has 0 fully saturated rings. The number of nitro benzene ring substituents is 1. The van der Waals surface area contributed by atoms with Crippen molar-refractivity contribution in [2.75, 3.05) is 5.32 Å². The molecule has 2 N–H and O–H groups in total. The molecule has 0 saturated heterocycles. The number of carbonyl (C=O) groups is 2. The Morgan fingerprint density at radius 3 is 2.40 bits per heavy atom. The van der Waals surface area contributed by atoms with Crippen LogP contribution in [0.2, 0.25) is 0 Å². The predicted molar refractivity (Wildman–Crippen MR) is 114 cm³/mol. The molecule has 0 aliphatic rings. The molecule has 0 saturated carbocycles. The molecule has 30 heavy (non-hydrogen) atoms. The Labute approximate surface area is 173 Å². The number of nitrogens with one attached hydrogen (secondary N) is 2. The van der Waals surface area contributed by atoms with E-state index in [9.17, 15) is 19.7 Å². The minimum Gasteiger partial charge on any atom is -0.349 e. The largest absolute Gasteiger partial charge is 0.349 e. The molecule has 3 rings (SSSR count). The summed E-state index contributed by atoms with van der Waals surface area (Å²) in [6, 6.07) is 21.9. The van der Waals surface area contributed by atoms with E-state index in [0.29, 0.717) is 16.8 Å². The van der Waals surface area contributed by atoms with E-state index in [2.05, 4.69) is 10.6 Å². The number of amides is 2. The minimum absolute atomic E-state index is 0.0778. The Kier molecular flexibility index (Phi) is 6.54. The number of para-hydroxylation sites is 1. The Morgan fingerprint density at radius 2 is 1.67 bits per heavy atom. The minimum atomic E-state index is -0.495. The normalized spacial score (nSPS) is 11.4. The standard InChI is InChI=1S/C23H21N3O4/c1-16(24-22(27)15-19-10-5-6-13-21(19)26(29)30)18-11-7-12-20(14-18)25-23(28)17-8-3-2-4-9-17/h2-14,16H,15H2,1H3,(H,24,27)(H,25,28). The van der Waals surface area contributed by atoms with E-state index in [-0.39, 0.29) is 30.0 Å². The van der Waals surface area contributed by atoms with Gasteiger partial charge in [0.15, 0.2) is 0 Å². The van der Waals surface area contributed by atoms with Gasteiger partial charge in [-0.25, -0.2) is 0 Å². The molecular formula is C23H21N3O4. The summed E-state index contributed by atoms with van der Waals surface area (Å²) in [5, 5.41) is 16.8. The molecular weight excluding hydrogens is 382 g/mol. The van der Waals surface area contributed by atoms with Gasteiger partial charge in [-0.15, -0.1) is 0 Å². The summed E-state index contributed by atoms with van der Waals surface area (Å²) in [5.74, 6) is -0.545. The quantitative estimate of drug-likeness (QED) is 0.454. The molecule has 0 heterocycles. The number of anilines is 1. The first-order valence-corrected chi connectivity index (χ1v) is 9.42. The zero-order valence-electron chi connectivity index (χ0n) is 16.4. The summed E-state index contributed by atoms with van der Waals surface area (Å²) in [6.45, 7) is 1.81. The Morgan fingerprint density at radius 1 is 0.967 bits per heavy atom. The third-order valence-corrected chi connectivity index (χ3v) is 4.60. The summed E-state index contributed by atoms with van der Waals surface area (Å²) >= 11 is 0. The fraction of sp³-hybridized carbons (Fsp3) is 0.130. The van der Waals surface area contributed by atoms with Gasteiger partial charge < -0.3 is 10.6 Å². The highest BCUT2D eigenvalue weighted by molar-refractivity contribution is 6.04. The smallest absolute Gasteiger partial charge is 0.273 e. The molecule has 3 aromatic rings. The highest BCUT2D eigenvalue weighted by Crippen LogP contribution is 2.20. The number of hydrogen-bond donors (Lipinski definition) is 2. The molecule has 0 aromatic heterocycles. The van der Waals surface area contributed by atoms with Gasteiger partial charge in [0.25, 0.3) is 11.6 Å². The van der Waals surface area contributed by atoms with Crippen LogP contribution in [0.3, 0.4) is 0 Å². The van der Waals surface area contributed by atoms with Crippen LogP contribution in [0.5, 0.6) is 0 Å². The molecule has 0 radical (unpaired) electrons. The van der Waals surface area contributed by atoms with Gasteiger partial charge in [0.05, 0.1) is 17.4 Å². The van der Waals surface area contributed by atoms with Crippen LogP contribution >= 0.6 is 0 Å². The molecule has 1 unspecified atom stereocenters. The number of benzene rings is 3. The van der Waals surface area contributed by atoms with Crippen LogP contribution in [0, 0.1) is 10.1 Å². The first-order valence-electron chi connectivity index (χ1n) is 9.42. The number of rotatable bonds is 7. The predicted octanol–water partition coefficient (Wildman–Crippen LogP) is 4.27. The molecule has 2 amide bonds. The van der Waals surface area contributed by atoms with Crippen molar-refractivity contribution in [3.63, 3.8) is 0 Å². The fourth-order valence-corrected chi connectivity index (χ4v) is 3.07. The van der Waals surface area contributed by atoms with Gasteiger partial charge in [0.1, 0.15) is 0 Å². The van der Waals surface area contributed by atoms with Crippen molar-refractivity contribution in [1.82, 2.24) is 5.32 Å². The van der Waals surface area contributed by atoms with Gasteiger partial charge in [-0.05, 0) is 36.8 Å². The van der Waals surface area contributed by atoms with Gasteiger partial charge in [0.2, 0.25) is 5.91 Å². The molecule has 0 bridgehead atoms. The van der Waals surface area contributed by atoms with E-state index in [1.807, 2.05) is 19.1 Å². The summed E-state index contributed by atoms with van der Waals surface area (Å²) in [4.78, 5) is 35.4. The topological polar surface area (TPSA) is 101 Å². The zero-order chi connectivity index (χ0) is 21.5. The summed E-state index contributed by atoms with van der Waals surface area (Å²) in [5.41, 5.74) is 2.24. The number of nitrogens with zero attached hydrogens (tertiary/aromatic N) is 1. The van der Waals surface area contributed by atoms with E-state index in [1.54, 1.807) is 60.7 Å². The first-order chi connectivity index (χ1) is 14.4. The van der Waals surface area contributed by atoms with Crippen molar-refractivity contribution in [2.45, 2.75) is 19.4 Å². The first kappa shape index (κ1) is 20.7. The van der Waals surface area contributed by atoms with E-state index < -0.39 is 4.92 Å². The second-order valence-corrected chi connectivity index (χ2v) is 6.80. The maximum absolute atomic E-state index is 12.4. The van der Waals surface area contributed by atoms with Crippen molar-refractivity contribution < 1.29 is 14.5 Å². The van der Waals surface area contributed by atoms with Crippen molar-refractivity contribution in [1.29, 1.82) is 0 Å². The highest BCUT2D eigenvalue weighted by Gasteiger charge is 2.17. The lowest BCUT2D eigenvalue weighted by atomic mass is 10.1. The van der Waals surface area contributed by atoms with Crippen LogP contribution in [0.1, 0.15) is 34.5 Å². The lowest BCUT2D eigenvalue weighted by Gasteiger charge is -2.16. The molecule has 0 spiro atoms. The Hall–Kier alpha value is -4.00. The molecule has 1 atom stereocenters. The third kappa shape index (κ3) is 5.29. The maximum atomic E-state index is 12.4. The third-order valence-electron chi connectivity index (χ3n) is 4.60. The van der Waals surface area contributed by atoms with Crippen LogP contribution in [0.25, 0.3) is 0 Å². The van der Waals surface area contributed by atoms with Gasteiger partial charge in [-0.3, -0.25) is 19.7 Å². The van der Waals surface area contributed by atoms with E-state index in [4.69, 9.17) is 0 Å². The SMILES string of the molecule is CC(NC(=O)Cc1ccccc1[N+](=O)[O-])c1cccc(NC(=O)c2ccccc2)c1. The molecule has 7 heteroatoms. The molecule has 3 aromatic carbocycles. The average molecular weight is 403 g/mol. The van der Waals surface area contributed by atoms with E-state index in [1.165, 1.54) is 6.07 Å². The van der Waals surface area contributed by atoms with Crippen LogP contribution in [-0.4, -0.2) is 16.7 Å². The van der Waals surface area contributed by atoms with Gasteiger partial charge in [0, 0.05) is 22.9 Å². The van der Waals surface area contributed by atoms with E-state index >= 15 is 0 Å².